The molecule has 1 atom stereocenters. The monoisotopic (exact) mass is 144 g/mol. The lowest BCUT2D eigenvalue weighted by atomic mass is 10.3. The quantitative estimate of drug-likeness (QED) is 0.547. The number of likely N-dealkylation sites (N-methyl/N-ethyl adjacent to an activating group) is 1. The van der Waals surface area contributed by atoms with E-state index in [9.17, 15) is 5.11 Å². The van der Waals surface area contributed by atoms with Gasteiger partial charge < -0.3 is 10.0 Å². The highest BCUT2D eigenvalue weighted by Crippen LogP contribution is 1.87. The fraction of sp³-hybridized carbons (Fsp3) is 0.714. The van der Waals surface area contributed by atoms with Crippen LogP contribution in [0.25, 0.3) is 0 Å². The second-order valence-electron chi connectivity index (χ2n) is 2.33. The molecule has 0 aliphatic carbocycles. The SMILES string of the molecule is C=CCN(C)CC(O)C[O]. The highest BCUT2D eigenvalue weighted by Gasteiger charge is 2.04. The summed E-state index contributed by atoms with van der Waals surface area (Å²) in [6.07, 6.45) is 0.988. The number of hydrogen-bond donors (Lipinski definition) is 1. The number of hydrogen-bond acceptors (Lipinski definition) is 2. The molecule has 10 heavy (non-hydrogen) atoms. The molecular weight excluding hydrogens is 130 g/mol. The minimum Gasteiger partial charge on any atom is -0.389 e. The summed E-state index contributed by atoms with van der Waals surface area (Å²) in [7, 11) is 1.83. The van der Waals surface area contributed by atoms with Gasteiger partial charge in [-0.05, 0) is 7.05 Å². The summed E-state index contributed by atoms with van der Waals surface area (Å²) in [6.45, 7) is 4.23. The van der Waals surface area contributed by atoms with Crippen molar-refractivity contribution in [2.45, 2.75) is 6.10 Å². The Labute approximate surface area is 61.6 Å². The van der Waals surface area contributed by atoms with E-state index in [4.69, 9.17) is 5.11 Å². The maximum absolute atomic E-state index is 10.1. The minimum atomic E-state index is -0.745. The zero-order valence-electron chi connectivity index (χ0n) is 6.29. The standard InChI is InChI=1S/C7H14NO2/c1-3-4-8(2)5-7(10)6-9/h3,7,10H,1,4-6H2,2H3. The predicted octanol–water partition coefficient (Wildman–Crippen LogP) is -0.104. The van der Waals surface area contributed by atoms with E-state index >= 15 is 0 Å². The summed E-state index contributed by atoms with van der Waals surface area (Å²) in [5.41, 5.74) is 0. The Hall–Kier alpha value is -0.380. The summed E-state index contributed by atoms with van der Waals surface area (Å²) in [5, 5.41) is 18.9. The van der Waals surface area contributed by atoms with Gasteiger partial charge in [-0.3, -0.25) is 0 Å². The molecule has 0 heterocycles. The molecule has 1 N–H and O–H groups in total. The molecule has 0 aliphatic rings. The normalized spacial score (nSPS) is 13.6. The van der Waals surface area contributed by atoms with Crippen LogP contribution in [0, 0.1) is 0 Å². The number of aliphatic hydroxyl groups is 1. The lowest BCUT2D eigenvalue weighted by molar-refractivity contribution is 0.0370. The molecule has 1 unspecified atom stereocenters. The van der Waals surface area contributed by atoms with Gasteiger partial charge in [0.15, 0.2) is 0 Å². The Morgan fingerprint density at radius 2 is 2.40 bits per heavy atom. The number of aliphatic hydroxyl groups excluding tert-OH is 1. The van der Waals surface area contributed by atoms with Crippen LogP contribution in [0.5, 0.6) is 0 Å². The van der Waals surface area contributed by atoms with Crippen molar-refractivity contribution in [1.29, 1.82) is 0 Å². The van der Waals surface area contributed by atoms with Crippen molar-refractivity contribution in [3.63, 3.8) is 0 Å². The first kappa shape index (κ1) is 9.62. The molecule has 0 aromatic carbocycles. The van der Waals surface area contributed by atoms with Crippen molar-refractivity contribution in [2.24, 2.45) is 0 Å². The van der Waals surface area contributed by atoms with Gasteiger partial charge in [-0.25, -0.2) is 5.11 Å². The molecule has 1 radical (unpaired) electrons. The first-order valence-electron chi connectivity index (χ1n) is 3.26. The fourth-order valence-corrected chi connectivity index (χ4v) is 0.707. The van der Waals surface area contributed by atoms with E-state index in [0.717, 1.165) is 0 Å². The molecule has 0 amide bonds. The summed E-state index contributed by atoms with van der Waals surface area (Å²) < 4.78 is 0. The van der Waals surface area contributed by atoms with E-state index < -0.39 is 12.7 Å². The third-order valence-corrected chi connectivity index (χ3v) is 1.16. The Kier molecular flexibility index (Phi) is 5.20. The Morgan fingerprint density at radius 1 is 1.80 bits per heavy atom. The lowest BCUT2D eigenvalue weighted by Crippen LogP contribution is -2.30. The van der Waals surface area contributed by atoms with E-state index in [1.165, 1.54) is 0 Å². The Morgan fingerprint density at radius 3 is 2.80 bits per heavy atom. The molecule has 0 saturated carbocycles. The van der Waals surface area contributed by atoms with Gasteiger partial charge in [0.2, 0.25) is 0 Å². The van der Waals surface area contributed by atoms with Crippen LogP contribution in [0.15, 0.2) is 12.7 Å². The molecule has 0 aromatic heterocycles. The maximum atomic E-state index is 10.1. The fourth-order valence-electron chi connectivity index (χ4n) is 0.707. The topological polar surface area (TPSA) is 43.4 Å². The zero-order valence-corrected chi connectivity index (χ0v) is 6.29. The molecular formula is C7H14NO2. The van der Waals surface area contributed by atoms with Crippen molar-refractivity contribution in [2.75, 3.05) is 26.7 Å². The van der Waals surface area contributed by atoms with Crippen molar-refractivity contribution < 1.29 is 10.2 Å². The first-order valence-corrected chi connectivity index (χ1v) is 3.26. The second-order valence-corrected chi connectivity index (χ2v) is 2.33. The summed E-state index contributed by atoms with van der Waals surface area (Å²) in [6, 6.07) is 0. The largest absolute Gasteiger partial charge is 0.389 e. The minimum absolute atomic E-state index is 0.426. The Balaban J connectivity index is 3.35. The first-order chi connectivity index (χ1) is 4.70. The van der Waals surface area contributed by atoms with Gasteiger partial charge in [0.05, 0.1) is 6.10 Å². The van der Waals surface area contributed by atoms with Gasteiger partial charge in [0.1, 0.15) is 6.61 Å². The number of rotatable bonds is 5. The van der Waals surface area contributed by atoms with Gasteiger partial charge in [0, 0.05) is 13.1 Å². The highest BCUT2D eigenvalue weighted by molar-refractivity contribution is 4.72. The van der Waals surface area contributed by atoms with Crippen LogP contribution in [0.1, 0.15) is 0 Å². The zero-order chi connectivity index (χ0) is 7.98. The van der Waals surface area contributed by atoms with E-state index in [1.807, 2.05) is 11.9 Å². The summed E-state index contributed by atoms with van der Waals surface area (Å²) in [4.78, 5) is 1.84. The molecule has 0 aromatic rings. The van der Waals surface area contributed by atoms with Crippen LogP contribution < -0.4 is 0 Å². The van der Waals surface area contributed by atoms with Crippen molar-refractivity contribution in [1.82, 2.24) is 4.90 Å². The smallest absolute Gasteiger partial charge is 0.109 e. The van der Waals surface area contributed by atoms with Gasteiger partial charge in [-0.2, -0.15) is 0 Å². The summed E-state index contributed by atoms with van der Waals surface area (Å²) >= 11 is 0. The molecule has 3 nitrogen and oxygen atoms in total. The van der Waals surface area contributed by atoms with Gasteiger partial charge in [-0.15, -0.1) is 6.58 Å². The van der Waals surface area contributed by atoms with Crippen LogP contribution in [0.4, 0.5) is 0 Å². The van der Waals surface area contributed by atoms with Crippen LogP contribution in [0.3, 0.4) is 0 Å². The molecule has 0 saturated heterocycles. The van der Waals surface area contributed by atoms with Gasteiger partial charge >= 0.3 is 0 Å². The lowest BCUT2D eigenvalue weighted by Gasteiger charge is -2.16. The van der Waals surface area contributed by atoms with Crippen molar-refractivity contribution >= 4 is 0 Å². The molecule has 0 rings (SSSR count). The van der Waals surface area contributed by atoms with Crippen LogP contribution in [0.2, 0.25) is 0 Å². The van der Waals surface area contributed by atoms with E-state index in [-0.39, 0.29) is 0 Å². The molecule has 0 fully saturated rings. The van der Waals surface area contributed by atoms with Gasteiger partial charge in [-0.1, -0.05) is 6.08 Å². The highest BCUT2D eigenvalue weighted by atomic mass is 16.3. The second kappa shape index (κ2) is 5.41. The third kappa shape index (κ3) is 4.49. The maximum Gasteiger partial charge on any atom is 0.109 e. The van der Waals surface area contributed by atoms with E-state index in [0.29, 0.717) is 13.1 Å². The average Bonchev–Trinajstić information content (AvgIpc) is 1.88. The van der Waals surface area contributed by atoms with Crippen LogP contribution in [-0.2, 0) is 5.11 Å². The third-order valence-electron chi connectivity index (χ3n) is 1.16. The van der Waals surface area contributed by atoms with Crippen LogP contribution in [-0.4, -0.2) is 42.9 Å². The molecule has 0 spiro atoms. The Bertz CT molecular complexity index is 95.6. The molecule has 0 aliphatic heterocycles. The number of nitrogens with zero attached hydrogens (tertiary/aromatic N) is 1. The van der Waals surface area contributed by atoms with E-state index in [1.54, 1.807) is 6.08 Å². The average molecular weight is 144 g/mol. The molecule has 3 heteroatoms. The van der Waals surface area contributed by atoms with Gasteiger partial charge in [0.25, 0.3) is 0 Å². The molecule has 59 valence electrons. The van der Waals surface area contributed by atoms with E-state index in [2.05, 4.69) is 6.58 Å². The summed E-state index contributed by atoms with van der Waals surface area (Å²) in [5.74, 6) is 0. The van der Waals surface area contributed by atoms with Crippen LogP contribution >= 0.6 is 0 Å². The van der Waals surface area contributed by atoms with Crippen molar-refractivity contribution in [3.8, 4) is 0 Å². The predicted molar refractivity (Wildman–Crippen MR) is 39.3 cm³/mol. The molecule has 0 bridgehead atoms. The van der Waals surface area contributed by atoms with Crippen molar-refractivity contribution in [3.05, 3.63) is 12.7 Å².